The van der Waals surface area contributed by atoms with Crippen LogP contribution in [0.1, 0.15) is 43.9 Å². The molecule has 47 heavy (non-hydrogen) atoms. The number of ether oxygens (including phenoxy) is 1. The van der Waals surface area contributed by atoms with Gasteiger partial charge in [0.25, 0.3) is 5.91 Å². The molecule has 0 saturated carbocycles. The molecular formula is C38H28F3N3O3. The third-order valence-corrected chi connectivity index (χ3v) is 9.38. The van der Waals surface area contributed by atoms with Gasteiger partial charge >= 0.3 is 0 Å². The summed E-state index contributed by atoms with van der Waals surface area (Å²) in [6.07, 6.45) is 4.13. The lowest BCUT2D eigenvalue weighted by Crippen LogP contribution is -2.62. The Balaban J connectivity index is 1.32. The van der Waals surface area contributed by atoms with Gasteiger partial charge in [-0.05, 0) is 58.0 Å². The van der Waals surface area contributed by atoms with E-state index in [1.54, 1.807) is 34.0 Å². The number of carbonyl (C=O) groups is 1. The number of pyridine rings is 1. The van der Waals surface area contributed by atoms with Crippen LogP contribution in [0.15, 0.2) is 114 Å². The molecule has 0 fully saturated rings. The smallest absolute Gasteiger partial charge is 0.277 e. The highest BCUT2D eigenvalue weighted by molar-refractivity contribution is 5.96. The minimum atomic E-state index is -1.12. The lowest BCUT2D eigenvalue weighted by molar-refractivity contribution is 0.0666. The summed E-state index contributed by atoms with van der Waals surface area (Å²) in [4.78, 5) is 29.5. The maximum absolute atomic E-state index is 15.5. The molecule has 8 rings (SSSR count). The van der Waals surface area contributed by atoms with Gasteiger partial charge in [0.05, 0.1) is 0 Å². The normalized spacial score (nSPS) is 17.6. The molecule has 0 spiro atoms. The summed E-state index contributed by atoms with van der Waals surface area (Å²) in [7, 11) is 0. The Hall–Kier alpha value is -5.57. The topological polar surface area (TPSA) is 54.8 Å². The molecule has 6 nitrogen and oxygen atoms in total. The average Bonchev–Trinajstić information content (AvgIpc) is 3.59. The van der Waals surface area contributed by atoms with E-state index in [1.807, 2.05) is 65.7 Å². The van der Waals surface area contributed by atoms with E-state index in [2.05, 4.69) is 0 Å². The van der Waals surface area contributed by atoms with Crippen molar-refractivity contribution >= 4 is 12.0 Å². The number of hydrogen-bond donors (Lipinski definition) is 0. The predicted octanol–water partition coefficient (Wildman–Crippen LogP) is 6.34. The second kappa shape index (κ2) is 11.0. The Bertz CT molecular complexity index is 2150. The zero-order valence-corrected chi connectivity index (χ0v) is 25.1. The maximum atomic E-state index is 15.5. The van der Waals surface area contributed by atoms with Gasteiger partial charge in [-0.1, -0.05) is 78.9 Å². The monoisotopic (exact) mass is 631 g/mol. The van der Waals surface area contributed by atoms with Gasteiger partial charge in [0, 0.05) is 30.8 Å². The lowest BCUT2D eigenvalue weighted by atomic mass is 9.83. The highest BCUT2D eigenvalue weighted by Gasteiger charge is 2.56. The molecule has 2 aliphatic carbocycles. The van der Waals surface area contributed by atoms with Gasteiger partial charge in [-0.25, -0.2) is 13.2 Å². The molecule has 1 atom stereocenters. The Morgan fingerprint density at radius 1 is 0.787 bits per heavy atom. The fourth-order valence-corrected chi connectivity index (χ4v) is 7.23. The molecule has 1 aliphatic heterocycles. The first-order valence-corrected chi connectivity index (χ1v) is 15.4. The minimum absolute atomic E-state index is 0.0351. The summed E-state index contributed by atoms with van der Waals surface area (Å²) in [6, 6.07) is 27.3. The Kier molecular flexibility index (Phi) is 6.79. The molecule has 234 valence electrons. The Labute approximate surface area is 268 Å². The number of benzene rings is 4. The van der Waals surface area contributed by atoms with E-state index in [0.29, 0.717) is 12.0 Å². The molecule has 1 aromatic heterocycles. The van der Waals surface area contributed by atoms with Crippen LogP contribution in [0, 0.1) is 17.5 Å². The van der Waals surface area contributed by atoms with Crippen LogP contribution >= 0.6 is 0 Å². The fraction of sp³-hybridized carbons (Fsp3) is 0.158. The van der Waals surface area contributed by atoms with Gasteiger partial charge in [0.15, 0.2) is 23.1 Å². The second-order valence-corrected chi connectivity index (χ2v) is 12.0. The number of nitrogens with zero attached hydrogens (tertiary/aromatic N) is 3. The van der Waals surface area contributed by atoms with Crippen LogP contribution in [0.5, 0.6) is 5.75 Å². The summed E-state index contributed by atoms with van der Waals surface area (Å²) in [5, 5.41) is 1.95. The molecule has 9 heteroatoms. The van der Waals surface area contributed by atoms with Crippen LogP contribution in [-0.2, 0) is 25.0 Å². The molecule has 0 radical (unpaired) electrons. The van der Waals surface area contributed by atoms with Crippen LogP contribution in [0.2, 0.25) is 0 Å². The Morgan fingerprint density at radius 3 is 2.36 bits per heavy atom. The SMILES string of the molecule is O=C1c2c(OCc3ccccc3)c(=O)ccn2N(C23C(=Cc4ccccc42)Cc2c3ccc(F)c2F)CN1CCc1ccc(F)cc1. The third kappa shape index (κ3) is 4.48. The number of fused-ring (bicyclic) bond motifs is 6. The fourth-order valence-electron chi connectivity index (χ4n) is 7.23. The first-order chi connectivity index (χ1) is 22.9. The maximum Gasteiger partial charge on any atom is 0.277 e. The zero-order valence-electron chi connectivity index (χ0n) is 25.1. The van der Waals surface area contributed by atoms with Crippen molar-refractivity contribution < 1.29 is 22.7 Å². The number of hydrogen-bond acceptors (Lipinski definition) is 4. The van der Waals surface area contributed by atoms with Crippen LogP contribution in [0.25, 0.3) is 6.08 Å². The largest absolute Gasteiger partial charge is 0.482 e. The van der Waals surface area contributed by atoms with Crippen molar-refractivity contribution in [2.24, 2.45) is 0 Å². The van der Waals surface area contributed by atoms with Crippen molar-refractivity contribution in [2.75, 3.05) is 18.2 Å². The summed E-state index contributed by atoms with van der Waals surface area (Å²) in [6.45, 7) is 0.351. The molecule has 1 amide bonds. The number of rotatable bonds is 7. The van der Waals surface area contributed by atoms with Crippen molar-refractivity contribution in [1.82, 2.24) is 9.58 Å². The van der Waals surface area contributed by atoms with E-state index in [0.717, 1.165) is 33.9 Å². The van der Waals surface area contributed by atoms with E-state index in [4.69, 9.17) is 4.74 Å². The zero-order chi connectivity index (χ0) is 32.3. The molecule has 0 saturated heterocycles. The molecule has 4 aromatic carbocycles. The molecular weight excluding hydrogens is 603 g/mol. The Morgan fingerprint density at radius 2 is 1.55 bits per heavy atom. The van der Waals surface area contributed by atoms with Gasteiger partial charge in [0.2, 0.25) is 5.43 Å². The summed E-state index contributed by atoms with van der Waals surface area (Å²) in [5.41, 5.74) is 3.53. The van der Waals surface area contributed by atoms with Crippen molar-refractivity contribution in [3.63, 3.8) is 0 Å². The van der Waals surface area contributed by atoms with Crippen molar-refractivity contribution in [3.8, 4) is 5.75 Å². The van der Waals surface area contributed by atoms with Gasteiger partial charge in [0.1, 0.15) is 24.6 Å². The first-order valence-electron chi connectivity index (χ1n) is 15.4. The van der Waals surface area contributed by atoms with Crippen LogP contribution < -0.4 is 15.2 Å². The second-order valence-electron chi connectivity index (χ2n) is 12.0. The summed E-state index contributed by atoms with van der Waals surface area (Å²) in [5.74, 6) is -2.70. The van der Waals surface area contributed by atoms with E-state index in [-0.39, 0.29) is 49.1 Å². The number of carbonyl (C=O) groups excluding carboxylic acids is 1. The van der Waals surface area contributed by atoms with Gasteiger partial charge in [-0.3, -0.25) is 19.3 Å². The molecule has 0 bridgehead atoms. The first kappa shape index (κ1) is 28.9. The predicted molar refractivity (Wildman–Crippen MR) is 171 cm³/mol. The lowest BCUT2D eigenvalue weighted by Gasteiger charge is -2.49. The van der Waals surface area contributed by atoms with Gasteiger partial charge in [-0.15, -0.1) is 0 Å². The summed E-state index contributed by atoms with van der Waals surface area (Å²) >= 11 is 0. The van der Waals surface area contributed by atoms with E-state index >= 15 is 4.39 Å². The van der Waals surface area contributed by atoms with Gasteiger partial charge < -0.3 is 9.64 Å². The van der Waals surface area contributed by atoms with E-state index in [1.165, 1.54) is 18.2 Å². The minimum Gasteiger partial charge on any atom is -0.482 e. The van der Waals surface area contributed by atoms with Crippen LogP contribution in [0.3, 0.4) is 0 Å². The van der Waals surface area contributed by atoms with E-state index in [9.17, 15) is 18.4 Å². The van der Waals surface area contributed by atoms with Crippen LogP contribution in [-0.4, -0.2) is 28.7 Å². The number of aromatic nitrogens is 1. The highest BCUT2D eigenvalue weighted by atomic mass is 19.2. The van der Waals surface area contributed by atoms with Gasteiger partial charge in [-0.2, -0.15) is 0 Å². The average molecular weight is 632 g/mol. The van der Waals surface area contributed by atoms with Crippen molar-refractivity contribution in [3.05, 3.63) is 176 Å². The molecule has 3 aliphatic rings. The highest BCUT2D eigenvalue weighted by Crippen LogP contribution is 2.56. The molecule has 1 unspecified atom stereocenters. The number of halogens is 3. The van der Waals surface area contributed by atoms with E-state index < -0.39 is 28.5 Å². The van der Waals surface area contributed by atoms with Crippen LogP contribution in [0.4, 0.5) is 13.2 Å². The quantitative estimate of drug-likeness (QED) is 0.211. The molecule has 2 heterocycles. The summed E-state index contributed by atoms with van der Waals surface area (Å²) < 4.78 is 51.6. The standard InChI is InChI=1S/C38H28F3N3O3/c39-28-12-10-24(11-13-28)16-18-42-23-44(43-19-17-33(45)36(35(43)37(42)46)47-22-25-6-2-1-3-7-25)38-27(20-26-8-4-5-9-30(26)38)21-29-31(38)14-15-32(40)34(29)41/h1-15,17,19-20H,16,18,21-23H2. The number of amides is 1. The third-order valence-electron chi connectivity index (χ3n) is 9.38. The van der Waals surface area contributed by atoms with Crippen molar-refractivity contribution in [1.29, 1.82) is 0 Å². The molecule has 0 N–H and O–H groups in total. The van der Waals surface area contributed by atoms with Crippen molar-refractivity contribution in [2.45, 2.75) is 25.0 Å². The molecule has 5 aromatic rings.